The first-order valence-electron chi connectivity index (χ1n) is 9.51. The van der Waals surface area contributed by atoms with Gasteiger partial charge < -0.3 is 25.4 Å². The Labute approximate surface area is 168 Å². The normalized spacial score (nSPS) is 19.4. The van der Waals surface area contributed by atoms with E-state index >= 15 is 0 Å². The number of hydrogen-bond donors (Lipinski definition) is 2. The molecule has 0 unspecified atom stereocenters. The molecule has 2 N–H and O–H groups in total. The summed E-state index contributed by atoms with van der Waals surface area (Å²) in [6.45, 7) is 4.99. The molecule has 2 rings (SSSR count). The molecule has 0 aromatic heterocycles. The van der Waals surface area contributed by atoms with E-state index < -0.39 is 41.6 Å². The minimum absolute atomic E-state index is 0.0342. The van der Waals surface area contributed by atoms with Gasteiger partial charge in [0, 0.05) is 18.7 Å². The number of carboxylic acid groups (broad SMARTS) is 1. The minimum Gasteiger partial charge on any atom is -0.548 e. The summed E-state index contributed by atoms with van der Waals surface area (Å²) in [6.07, 6.45) is 0.539. The smallest absolute Gasteiger partial charge is 0.243 e. The predicted octanol–water partition coefficient (Wildman–Crippen LogP) is -0.0359. The van der Waals surface area contributed by atoms with Crippen molar-refractivity contribution in [2.24, 2.45) is 11.8 Å². The fourth-order valence-electron chi connectivity index (χ4n) is 3.09. The van der Waals surface area contributed by atoms with Crippen molar-refractivity contribution in [3.05, 3.63) is 30.1 Å². The van der Waals surface area contributed by atoms with Gasteiger partial charge in [0.2, 0.25) is 17.7 Å². The van der Waals surface area contributed by atoms with Gasteiger partial charge in [-0.1, -0.05) is 20.3 Å². The van der Waals surface area contributed by atoms with Gasteiger partial charge in [0.05, 0.1) is 17.9 Å². The zero-order valence-electron chi connectivity index (χ0n) is 16.6. The van der Waals surface area contributed by atoms with Crippen LogP contribution in [-0.2, 0) is 19.2 Å². The fourth-order valence-corrected chi connectivity index (χ4v) is 3.09. The van der Waals surface area contributed by atoms with Crippen LogP contribution in [0.3, 0.4) is 0 Å². The van der Waals surface area contributed by atoms with E-state index in [0.29, 0.717) is 12.1 Å². The Morgan fingerprint density at radius 1 is 1.21 bits per heavy atom. The predicted molar refractivity (Wildman–Crippen MR) is 101 cm³/mol. The van der Waals surface area contributed by atoms with Crippen molar-refractivity contribution in [3.8, 4) is 0 Å². The molecule has 1 aromatic rings. The van der Waals surface area contributed by atoms with Crippen LogP contribution < -0.4 is 20.6 Å². The Morgan fingerprint density at radius 2 is 1.83 bits per heavy atom. The summed E-state index contributed by atoms with van der Waals surface area (Å²) < 4.78 is 13.1. The molecule has 0 aliphatic carbocycles. The maximum Gasteiger partial charge on any atom is 0.243 e. The Morgan fingerprint density at radius 3 is 2.38 bits per heavy atom. The number of aliphatic carboxylic acids is 1. The number of halogens is 1. The largest absolute Gasteiger partial charge is 0.548 e. The zero-order valence-corrected chi connectivity index (χ0v) is 16.6. The second-order valence-corrected chi connectivity index (χ2v) is 7.30. The second-order valence-electron chi connectivity index (χ2n) is 7.30. The number of nitrogens with zero attached hydrogens (tertiary/aromatic N) is 1. The van der Waals surface area contributed by atoms with Crippen molar-refractivity contribution in [1.29, 1.82) is 0 Å². The average molecular weight is 406 g/mol. The lowest BCUT2D eigenvalue weighted by Crippen LogP contribution is -2.56. The summed E-state index contributed by atoms with van der Waals surface area (Å²) in [4.78, 5) is 49.8. The summed E-state index contributed by atoms with van der Waals surface area (Å²) in [5, 5.41) is 15.8. The van der Waals surface area contributed by atoms with Gasteiger partial charge in [-0.15, -0.1) is 0 Å². The number of anilines is 1. The van der Waals surface area contributed by atoms with E-state index in [9.17, 15) is 28.7 Å². The van der Waals surface area contributed by atoms with Crippen LogP contribution in [0.2, 0.25) is 0 Å². The van der Waals surface area contributed by atoms with E-state index in [1.54, 1.807) is 6.92 Å². The molecule has 1 aliphatic rings. The quantitative estimate of drug-likeness (QED) is 0.628. The number of amides is 3. The van der Waals surface area contributed by atoms with Crippen LogP contribution in [0.25, 0.3) is 0 Å². The number of carbonyl (C=O) groups excluding carboxylic acids is 4. The van der Waals surface area contributed by atoms with Gasteiger partial charge in [-0.2, -0.15) is 0 Å². The number of hydrogen-bond acceptors (Lipinski definition) is 5. The summed E-state index contributed by atoms with van der Waals surface area (Å²) in [5.74, 6) is -4.14. The molecule has 29 heavy (non-hydrogen) atoms. The molecule has 8 nitrogen and oxygen atoms in total. The molecule has 4 atom stereocenters. The zero-order chi connectivity index (χ0) is 21.7. The highest BCUT2D eigenvalue weighted by Gasteiger charge is 2.37. The van der Waals surface area contributed by atoms with E-state index in [2.05, 4.69) is 10.6 Å². The standard InChI is InChI=1S/C20H26FN3O5/c1-4-11(2)17(19(27)22-12(3)20(28)29)23-18(26)13-9-16(25)24(10-13)15-7-5-14(21)6-8-15/h5-8,11-13,17H,4,9-10H2,1-3H3,(H,22,27)(H,23,26)(H,28,29)/p-1/t11-,12+,13+,17+/m1/s1. The number of nitrogens with one attached hydrogen (secondary N) is 2. The molecule has 9 heteroatoms. The van der Waals surface area contributed by atoms with Crippen molar-refractivity contribution in [1.82, 2.24) is 10.6 Å². The monoisotopic (exact) mass is 406 g/mol. The molecular formula is C20H25FN3O5-. The number of carbonyl (C=O) groups is 4. The lowest BCUT2D eigenvalue weighted by molar-refractivity contribution is -0.307. The van der Waals surface area contributed by atoms with Crippen molar-refractivity contribution in [2.45, 2.75) is 45.7 Å². The molecule has 0 radical (unpaired) electrons. The molecule has 0 spiro atoms. The molecule has 1 aliphatic heterocycles. The lowest BCUT2D eigenvalue weighted by atomic mass is 9.96. The van der Waals surface area contributed by atoms with Gasteiger partial charge >= 0.3 is 0 Å². The second kappa shape index (κ2) is 9.49. The van der Waals surface area contributed by atoms with Crippen molar-refractivity contribution >= 4 is 29.4 Å². The summed E-state index contributed by atoms with van der Waals surface area (Å²) in [7, 11) is 0. The van der Waals surface area contributed by atoms with E-state index in [1.807, 2.05) is 6.92 Å². The van der Waals surface area contributed by atoms with Gasteiger partial charge in [-0.25, -0.2) is 4.39 Å². The highest BCUT2D eigenvalue weighted by molar-refractivity contribution is 6.01. The molecule has 3 amide bonds. The highest BCUT2D eigenvalue weighted by atomic mass is 19.1. The van der Waals surface area contributed by atoms with Gasteiger partial charge in [0.25, 0.3) is 0 Å². The summed E-state index contributed by atoms with van der Waals surface area (Å²) >= 11 is 0. The first-order chi connectivity index (χ1) is 13.6. The molecule has 1 heterocycles. The van der Waals surface area contributed by atoms with Crippen LogP contribution in [0.5, 0.6) is 0 Å². The molecule has 1 saturated heterocycles. The third-order valence-electron chi connectivity index (χ3n) is 5.14. The molecule has 0 saturated carbocycles. The van der Waals surface area contributed by atoms with E-state index in [1.165, 1.54) is 36.1 Å². The Balaban J connectivity index is 2.07. The van der Waals surface area contributed by atoms with Crippen LogP contribution in [-0.4, -0.2) is 42.3 Å². The van der Waals surface area contributed by atoms with Gasteiger partial charge in [-0.05, 0) is 37.1 Å². The molecule has 1 aromatic carbocycles. The number of benzene rings is 1. The third kappa shape index (κ3) is 5.52. The third-order valence-corrected chi connectivity index (χ3v) is 5.14. The van der Waals surface area contributed by atoms with Crippen LogP contribution in [0.1, 0.15) is 33.6 Å². The van der Waals surface area contributed by atoms with Gasteiger partial charge in [0.15, 0.2) is 0 Å². The van der Waals surface area contributed by atoms with Crippen LogP contribution in [0.15, 0.2) is 24.3 Å². The average Bonchev–Trinajstić information content (AvgIpc) is 3.07. The summed E-state index contributed by atoms with van der Waals surface area (Å²) in [6, 6.07) is 3.25. The molecule has 0 bridgehead atoms. The first kappa shape index (κ1) is 22.3. The van der Waals surface area contributed by atoms with Crippen LogP contribution in [0, 0.1) is 17.7 Å². The van der Waals surface area contributed by atoms with Crippen molar-refractivity contribution in [3.63, 3.8) is 0 Å². The fraction of sp³-hybridized carbons (Fsp3) is 0.500. The van der Waals surface area contributed by atoms with E-state index in [-0.39, 0.29) is 24.8 Å². The number of rotatable bonds is 8. The SMILES string of the molecule is CC[C@@H](C)[C@H](NC(=O)[C@H]1CC(=O)N(c2ccc(F)cc2)C1)C(=O)N[C@@H](C)C(=O)[O-]. The highest BCUT2D eigenvalue weighted by Crippen LogP contribution is 2.25. The van der Waals surface area contributed by atoms with E-state index in [4.69, 9.17) is 0 Å². The summed E-state index contributed by atoms with van der Waals surface area (Å²) in [5.41, 5.74) is 0.491. The number of carboxylic acids is 1. The van der Waals surface area contributed by atoms with Gasteiger partial charge in [0.1, 0.15) is 11.9 Å². The van der Waals surface area contributed by atoms with Crippen LogP contribution in [0.4, 0.5) is 10.1 Å². The Hall–Kier alpha value is -2.97. The minimum atomic E-state index is -1.43. The Kier molecular flexibility index (Phi) is 7.30. The topological polar surface area (TPSA) is 119 Å². The Bertz CT molecular complexity index is 783. The maximum absolute atomic E-state index is 13.1. The van der Waals surface area contributed by atoms with E-state index in [0.717, 1.165) is 0 Å². The molecular weight excluding hydrogens is 381 g/mol. The lowest BCUT2D eigenvalue weighted by Gasteiger charge is -2.26. The van der Waals surface area contributed by atoms with Gasteiger partial charge in [-0.3, -0.25) is 14.4 Å². The molecule has 1 fully saturated rings. The van der Waals surface area contributed by atoms with Crippen molar-refractivity contribution < 1.29 is 28.7 Å². The molecule has 158 valence electrons. The van der Waals surface area contributed by atoms with Crippen molar-refractivity contribution in [2.75, 3.05) is 11.4 Å². The van der Waals surface area contributed by atoms with Crippen LogP contribution >= 0.6 is 0 Å². The first-order valence-corrected chi connectivity index (χ1v) is 9.51. The maximum atomic E-state index is 13.1.